The minimum atomic E-state index is -5.21. The van der Waals surface area contributed by atoms with Gasteiger partial charge in [0.2, 0.25) is 11.5 Å². The van der Waals surface area contributed by atoms with Crippen LogP contribution in [0.3, 0.4) is 0 Å². The molecule has 1 aromatic carbocycles. The van der Waals surface area contributed by atoms with Crippen LogP contribution in [-0.2, 0) is 17.4 Å². The summed E-state index contributed by atoms with van der Waals surface area (Å²) in [6.45, 7) is 0. The number of benzene rings is 1. The van der Waals surface area contributed by atoms with E-state index in [9.17, 15) is 32.3 Å². The van der Waals surface area contributed by atoms with Crippen molar-refractivity contribution >= 4 is 11.8 Å². The highest BCUT2D eigenvalue weighted by Crippen LogP contribution is 2.40. The van der Waals surface area contributed by atoms with Crippen LogP contribution in [0.4, 0.5) is 17.6 Å². The van der Waals surface area contributed by atoms with Crippen LogP contribution in [0.15, 0.2) is 36.7 Å². The van der Waals surface area contributed by atoms with Gasteiger partial charge in [-0.25, -0.2) is 9.37 Å². The van der Waals surface area contributed by atoms with Crippen molar-refractivity contribution in [1.82, 2.24) is 20.4 Å². The number of rotatable bonds is 4. The van der Waals surface area contributed by atoms with Crippen LogP contribution in [0, 0.1) is 5.82 Å². The summed E-state index contributed by atoms with van der Waals surface area (Å²) in [5.74, 6) is -4.08. The Hall–Kier alpha value is -2.95. The molecule has 3 N–H and O–H groups in total. The molecule has 1 heterocycles. The molecule has 0 radical (unpaired) electrons. The number of imidazole rings is 1. The highest BCUT2D eigenvalue weighted by Gasteiger charge is 2.58. The highest BCUT2D eigenvalue weighted by molar-refractivity contribution is 5.95. The molecule has 0 aliphatic carbocycles. The largest absolute Gasteiger partial charge is 0.425 e. The number of carbonyl (C=O) groups excluding carboxylic acids is 2. The zero-order chi connectivity index (χ0) is 19.5. The van der Waals surface area contributed by atoms with Gasteiger partial charge in [0.15, 0.2) is 5.82 Å². The van der Waals surface area contributed by atoms with Gasteiger partial charge in [0.1, 0.15) is 5.82 Å². The monoisotopic (exact) mass is 374 g/mol. The maximum Gasteiger partial charge on any atom is 0.425 e. The first-order valence-corrected chi connectivity index (χ1v) is 7.17. The number of aliphatic hydroxyl groups is 1. The summed E-state index contributed by atoms with van der Waals surface area (Å²) in [5.41, 5.74) is -0.481. The fraction of sp³-hybridized carbons (Fsp3) is 0.267. The van der Waals surface area contributed by atoms with Crippen LogP contribution >= 0.6 is 0 Å². The number of hydrogen-bond donors (Lipinski definition) is 3. The van der Waals surface area contributed by atoms with Crippen molar-refractivity contribution in [2.75, 3.05) is 0 Å². The molecule has 11 heteroatoms. The van der Waals surface area contributed by atoms with Crippen molar-refractivity contribution in [2.45, 2.75) is 18.2 Å². The summed E-state index contributed by atoms with van der Waals surface area (Å²) in [5, 5.41) is 10.0. The lowest BCUT2D eigenvalue weighted by atomic mass is 9.97. The molecule has 0 bridgehead atoms. The lowest BCUT2D eigenvalue weighted by Crippen LogP contribution is -2.50. The number of hydrazine groups is 1. The number of carbonyl (C=O) groups is 2. The third-order valence-corrected chi connectivity index (χ3v) is 3.51. The van der Waals surface area contributed by atoms with E-state index in [0.29, 0.717) is 0 Å². The van der Waals surface area contributed by atoms with Crippen LogP contribution in [0.25, 0.3) is 0 Å². The average molecular weight is 374 g/mol. The van der Waals surface area contributed by atoms with Gasteiger partial charge in [-0.05, 0) is 12.1 Å². The molecule has 0 aliphatic rings. The zero-order valence-electron chi connectivity index (χ0n) is 13.3. The topological polar surface area (TPSA) is 96.2 Å². The van der Waals surface area contributed by atoms with Gasteiger partial charge in [-0.2, -0.15) is 13.2 Å². The van der Waals surface area contributed by atoms with E-state index in [4.69, 9.17) is 0 Å². The minimum absolute atomic E-state index is 0.414. The third kappa shape index (κ3) is 3.82. The van der Waals surface area contributed by atoms with Gasteiger partial charge < -0.3 is 9.67 Å². The van der Waals surface area contributed by atoms with Crippen LogP contribution in [0.5, 0.6) is 0 Å². The molecule has 0 fully saturated rings. The van der Waals surface area contributed by atoms with E-state index in [1.807, 2.05) is 0 Å². The SMILES string of the molecule is Cn1ccnc1C(O)(CC(=O)NNC(=O)c1ccccc1F)C(F)(F)F. The molecule has 2 aromatic rings. The Morgan fingerprint density at radius 2 is 1.88 bits per heavy atom. The molecular formula is C15H14F4N4O3. The number of aryl methyl sites for hydroxylation is 1. The standard InChI is InChI=1S/C15H14F4N4O3/c1-23-7-6-20-13(23)14(26,15(17,18)19)8-11(24)21-22-12(25)9-4-2-3-5-10(9)16/h2-7,26H,8H2,1H3,(H,21,24)(H,22,25). The fourth-order valence-electron chi connectivity index (χ4n) is 2.19. The smallest absolute Gasteiger partial charge is 0.374 e. The lowest BCUT2D eigenvalue weighted by molar-refractivity contribution is -0.271. The molecule has 0 spiro atoms. The Kier molecular flexibility index (Phi) is 5.30. The van der Waals surface area contributed by atoms with Gasteiger partial charge in [0.25, 0.3) is 5.91 Å². The Bertz CT molecular complexity index is 821. The van der Waals surface area contributed by atoms with E-state index in [0.717, 1.165) is 22.9 Å². The van der Waals surface area contributed by atoms with Crippen molar-refractivity contribution < 1.29 is 32.3 Å². The first-order valence-electron chi connectivity index (χ1n) is 7.17. The van der Waals surface area contributed by atoms with Gasteiger partial charge in [0, 0.05) is 19.4 Å². The normalized spacial score (nSPS) is 13.8. The van der Waals surface area contributed by atoms with Crippen molar-refractivity contribution in [3.63, 3.8) is 0 Å². The molecule has 2 amide bonds. The zero-order valence-corrected chi connectivity index (χ0v) is 13.3. The van der Waals surface area contributed by atoms with Gasteiger partial charge in [-0.1, -0.05) is 12.1 Å². The summed E-state index contributed by atoms with van der Waals surface area (Å²) in [6.07, 6.45) is -4.47. The van der Waals surface area contributed by atoms with E-state index < -0.39 is 47.2 Å². The molecule has 7 nitrogen and oxygen atoms in total. The number of nitrogens with zero attached hydrogens (tertiary/aromatic N) is 2. The predicted molar refractivity (Wildman–Crippen MR) is 79.8 cm³/mol. The molecule has 0 saturated heterocycles. The second kappa shape index (κ2) is 7.12. The number of nitrogens with one attached hydrogen (secondary N) is 2. The van der Waals surface area contributed by atoms with Crippen molar-refractivity contribution in [3.8, 4) is 0 Å². The van der Waals surface area contributed by atoms with Crippen LogP contribution in [0.2, 0.25) is 0 Å². The third-order valence-electron chi connectivity index (χ3n) is 3.51. The lowest BCUT2D eigenvalue weighted by Gasteiger charge is -2.29. The van der Waals surface area contributed by atoms with Crippen LogP contribution in [0.1, 0.15) is 22.6 Å². The van der Waals surface area contributed by atoms with Gasteiger partial charge in [-0.15, -0.1) is 0 Å². The summed E-state index contributed by atoms with van der Waals surface area (Å²) in [7, 11) is 1.22. The fourth-order valence-corrected chi connectivity index (χ4v) is 2.19. The molecular weight excluding hydrogens is 360 g/mol. The molecule has 1 aromatic heterocycles. The van der Waals surface area contributed by atoms with E-state index in [2.05, 4.69) is 4.98 Å². The van der Waals surface area contributed by atoms with Crippen molar-refractivity contribution in [1.29, 1.82) is 0 Å². The van der Waals surface area contributed by atoms with Crippen LogP contribution in [-0.4, -0.2) is 32.6 Å². The van der Waals surface area contributed by atoms with Crippen molar-refractivity contribution in [2.24, 2.45) is 7.05 Å². The van der Waals surface area contributed by atoms with E-state index in [1.54, 1.807) is 10.9 Å². The highest BCUT2D eigenvalue weighted by atomic mass is 19.4. The summed E-state index contributed by atoms with van der Waals surface area (Å²) >= 11 is 0. The van der Waals surface area contributed by atoms with Gasteiger partial charge in [0.05, 0.1) is 12.0 Å². The number of aromatic nitrogens is 2. The second-order valence-electron chi connectivity index (χ2n) is 5.38. The predicted octanol–water partition coefficient (Wildman–Crippen LogP) is 1.16. The summed E-state index contributed by atoms with van der Waals surface area (Å²) in [4.78, 5) is 27.0. The second-order valence-corrected chi connectivity index (χ2v) is 5.38. The van der Waals surface area contributed by atoms with E-state index in [-0.39, 0.29) is 0 Å². The Labute approximate surface area is 144 Å². The van der Waals surface area contributed by atoms with Crippen LogP contribution < -0.4 is 10.9 Å². The number of hydrogen-bond acceptors (Lipinski definition) is 4. The molecule has 26 heavy (non-hydrogen) atoms. The molecule has 0 aliphatic heterocycles. The van der Waals surface area contributed by atoms with Gasteiger partial charge in [-0.3, -0.25) is 20.4 Å². The van der Waals surface area contributed by atoms with Gasteiger partial charge >= 0.3 is 6.18 Å². The first kappa shape index (κ1) is 19.4. The molecule has 140 valence electrons. The first-order chi connectivity index (χ1) is 12.1. The average Bonchev–Trinajstić information content (AvgIpc) is 2.98. The molecule has 1 unspecified atom stereocenters. The summed E-state index contributed by atoms with van der Waals surface area (Å²) in [6, 6.07) is 4.82. The quantitative estimate of drug-likeness (QED) is 0.553. The Morgan fingerprint density at radius 1 is 1.23 bits per heavy atom. The van der Waals surface area contributed by atoms with E-state index in [1.165, 1.54) is 25.4 Å². The number of alkyl halides is 3. The summed E-state index contributed by atoms with van der Waals surface area (Å²) < 4.78 is 54.3. The minimum Gasteiger partial charge on any atom is -0.374 e. The van der Waals surface area contributed by atoms with Crippen molar-refractivity contribution in [3.05, 3.63) is 53.9 Å². The molecule has 0 saturated carbocycles. The maximum atomic E-state index is 13.4. The molecule has 1 atom stereocenters. The van der Waals surface area contributed by atoms with E-state index >= 15 is 0 Å². The number of amides is 2. The Morgan fingerprint density at radius 3 is 2.42 bits per heavy atom. The molecule has 2 rings (SSSR count). The Balaban J connectivity index is 2.10. The maximum absolute atomic E-state index is 13.4. The number of halogens is 4.